The zero-order valence-corrected chi connectivity index (χ0v) is 20.2. The number of allylic oxidation sites excluding steroid dienone is 9. The number of hydrogen-bond acceptors (Lipinski definition) is 0. The summed E-state index contributed by atoms with van der Waals surface area (Å²) in [5, 5.41) is 1.46. The minimum Gasteiger partial charge on any atom is -0.309 e. The molecule has 0 N–H and O–H groups in total. The first-order valence-electron chi connectivity index (χ1n) is 12.4. The topological polar surface area (TPSA) is 4.93 Å². The van der Waals surface area contributed by atoms with Crippen LogP contribution in [-0.2, 0) is 11.8 Å². The van der Waals surface area contributed by atoms with Crippen LogP contribution in [-0.4, -0.2) is 4.57 Å². The van der Waals surface area contributed by atoms with Gasteiger partial charge in [0.05, 0.1) is 5.52 Å². The smallest absolute Gasteiger partial charge is 0.0578 e. The molecule has 3 aliphatic carbocycles. The van der Waals surface area contributed by atoms with Gasteiger partial charge in [-0.25, -0.2) is 0 Å². The molecule has 0 radical (unpaired) electrons. The van der Waals surface area contributed by atoms with Gasteiger partial charge in [-0.3, -0.25) is 0 Å². The third-order valence-electron chi connectivity index (χ3n) is 8.53. The van der Waals surface area contributed by atoms with Crippen LogP contribution in [0.3, 0.4) is 0 Å². The van der Waals surface area contributed by atoms with Gasteiger partial charge < -0.3 is 4.57 Å². The zero-order valence-electron chi connectivity index (χ0n) is 20.2. The Labute approximate surface area is 192 Å². The molecule has 0 fully saturated rings. The minimum absolute atomic E-state index is 0.0935. The van der Waals surface area contributed by atoms with E-state index in [-0.39, 0.29) is 5.41 Å². The van der Waals surface area contributed by atoms with Crippen LogP contribution >= 0.6 is 0 Å². The van der Waals surface area contributed by atoms with Crippen molar-refractivity contribution in [2.45, 2.75) is 65.7 Å². The molecular weight excluding hydrogens is 386 g/mol. The van der Waals surface area contributed by atoms with E-state index in [9.17, 15) is 0 Å². The fraction of sp³-hybridized carbons (Fsp3) is 0.419. The van der Waals surface area contributed by atoms with E-state index in [0.717, 1.165) is 19.3 Å². The number of benzene rings is 1. The largest absolute Gasteiger partial charge is 0.309 e. The normalized spacial score (nSPS) is 25.7. The van der Waals surface area contributed by atoms with Crippen molar-refractivity contribution in [3.8, 4) is 0 Å². The van der Waals surface area contributed by atoms with Crippen molar-refractivity contribution >= 4 is 22.7 Å². The first-order valence-corrected chi connectivity index (χ1v) is 12.4. The maximum atomic E-state index is 2.59. The van der Waals surface area contributed by atoms with E-state index in [1.54, 1.807) is 5.57 Å². The number of rotatable bonds is 1. The highest BCUT2D eigenvalue weighted by molar-refractivity contribution is 5.98. The summed E-state index contributed by atoms with van der Waals surface area (Å²) >= 11 is 0. The summed E-state index contributed by atoms with van der Waals surface area (Å²) in [6, 6.07) is 7.02. The van der Waals surface area contributed by atoms with Crippen LogP contribution in [0.2, 0.25) is 0 Å². The standard InChI is InChI=1S/C31H35N/c1-30(2,3)22-16-13-20(14-17-22)21-15-18-27-24(19-21)23-9-8-11-26-29(23)32(27)28-12-7-6-10-25(28)31(26,4)5/h7-9,11-16,18,21-22H,6,10,17,19H2,1-5H3. The third-order valence-corrected chi connectivity index (χ3v) is 8.53. The van der Waals surface area contributed by atoms with Gasteiger partial charge in [-0.15, -0.1) is 0 Å². The lowest BCUT2D eigenvalue weighted by molar-refractivity contribution is 0.292. The van der Waals surface area contributed by atoms with Gasteiger partial charge in [-0.1, -0.05) is 83.2 Å². The molecule has 2 atom stereocenters. The highest BCUT2D eigenvalue weighted by Gasteiger charge is 2.38. The molecule has 1 aliphatic heterocycles. The Balaban J connectivity index is 1.46. The van der Waals surface area contributed by atoms with Crippen molar-refractivity contribution in [2.75, 3.05) is 0 Å². The second-order valence-electron chi connectivity index (χ2n) is 11.8. The molecule has 1 aromatic heterocycles. The fourth-order valence-electron chi connectivity index (χ4n) is 6.50. The van der Waals surface area contributed by atoms with E-state index < -0.39 is 0 Å². The van der Waals surface area contributed by atoms with Crippen molar-refractivity contribution in [3.05, 3.63) is 82.6 Å². The van der Waals surface area contributed by atoms with Crippen LogP contribution in [0.25, 0.3) is 22.7 Å². The molecule has 0 spiro atoms. The van der Waals surface area contributed by atoms with Gasteiger partial charge in [0.2, 0.25) is 0 Å². The average Bonchev–Trinajstić information content (AvgIpc) is 3.12. The van der Waals surface area contributed by atoms with E-state index in [1.807, 2.05) is 0 Å². The predicted octanol–water partition coefficient (Wildman–Crippen LogP) is 8.23. The Morgan fingerprint density at radius 2 is 1.88 bits per heavy atom. The van der Waals surface area contributed by atoms with Crippen LogP contribution in [0.1, 0.15) is 70.7 Å². The first kappa shape index (κ1) is 20.1. The molecule has 32 heavy (non-hydrogen) atoms. The molecule has 2 aromatic rings. The number of hydrogen-bond donors (Lipinski definition) is 0. The Hall–Kier alpha value is -2.54. The quantitative estimate of drug-likeness (QED) is 0.437. The second-order valence-corrected chi connectivity index (χ2v) is 11.8. The summed E-state index contributed by atoms with van der Waals surface area (Å²) in [6.45, 7) is 11.9. The molecule has 0 bridgehead atoms. The summed E-state index contributed by atoms with van der Waals surface area (Å²) in [5.74, 6) is 1.12. The minimum atomic E-state index is 0.0935. The van der Waals surface area contributed by atoms with Gasteiger partial charge in [-0.2, -0.15) is 0 Å². The van der Waals surface area contributed by atoms with Crippen molar-refractivity contribution < 1.29 is 0 Å². The molecule has 6 rings (SSSR count). The number of nitrogens with zero attached hydrogens (tertiary/aromatic N) is 1. The molecule has 4 aliphatic rings. The Bertz CT molecular complexity index is 1280. The van der Waals surface area contributed by atoms with Crippen LogP contribution in [0.15, 0.2) is 65.8 Å². The molecule has 1 heteroatoms. The first-order chi connectivity index (χ1) is 15.3. The zero-order chi connectivity index (χ0) is 22.3. The van der Waals surface area contributed by atoms with E-state index in [4.69, 9.17) is 0 Å². The Kier molecular flexibility index (Phi) is 4.23. The van der Waals surface area contributed by atoms with E-state index in [2.05, 4.69) is 99.9 Å². The van der Waals surface area contributed by atoms with Crippen LogP contribution in [0.4, 0.5) is 0 Å². The van der Waals surface area contributed by atoms with Crippen molar-refractivity contribution in [1.29, 1.82) is 0 Å². The lowest BCUT2D eigenvalue weighted by atomic mass is 9.71. The maximum Gasteiger partial charge on any atom is 0.0578 e. The van der Waals surface area contributed by atoms with E-state index in [1.165, 1.54) is 45.4 Å². The summed E-state index contributed by atoms with van der Waals surface area (Å²) in [7, 11) is 0. The summed E-state index contributed by atoms with van der Waals surface area (Å²) < 4.78 is 2.59. The maximum absolute atomic E-state index is 2.59. The van der Waals surface area contributed by atoms with Crippen LogP contribution < -0.4 is 0 Å². The molecule has 0 saturated carbocycles. The summed E-state index contributed by atoms with van der Waals surface area (Å²) in [6.07, 6.45) is 21.6. The predicted molar refractivity (Wildman–Crippen MR) is 138 cm³/mol. The lowest BCUT2D eigenvalue weighted by Gasteiger charge is -2.38. The van der Waals surface area contributed by atoms with E-state index >= 15 is 0 Å². The monoisotopic (exact) mass is 421 g/mol. The van der Waals surface area contributed by atoms with Gasteiger partial charge in [0.15, 0.2) is 0 Å². The Morgan fingerprint density at radius 3 is 2.62 bits per heavy atom. The molecule has 2 unspecified atom stereocenters. The van der Waals surface area contributed by atoms with Crippen LogP contribution in [0, 0.1) is 17.3 Å². The number of para-hydroxylation sites is 1. The number of aromatic nitrogens is 1. The molecule has 164 valence electrons. The van der Waals surface area contributed by atoms with Gasteiger partial charge in [0.1, 0.15) is 0 Å². The van der Waals surface area contributed by atoms with Crippen molar-refractivity contribution in [3.63, 3.8) is 0 Å². The molecule has 0 saturated heterocycles. The Morgan fingerprint density at radius 1 is 1.03 bits per heavy atom. The fourth-order valence-corrected chi connectivity index (χ4v) is 6.50. The molecular formula is C31H35N. The SMILES string of the molecule is CC1(C)C2=C(C=CCC2)n2c3c(c4cccc1c42)CC(C1=CCC(C(C)(C)C)C=C1)C=C3. The molecule has 1 nitrogen and oxygen atoms in total. The summed E-state index contributed by atoms with van der Waals surface area (Å²) in [4.78, 5) is 0. The van der Waals surface area contributed by atoms with Crippen LogP contribution in [0.5, 0.6) is 0 Å². The van der Waals surface area contributed by atoms with Gasteiger partial charge in [0, 0.05) is 28.1 Å². The highest BCUT2D eigenvalue weighted by Crippen LogP contribution is 2.50. The van der Waals surface area contributed by atoms with Gasteiger partial charge in [-0.05, 0) is 71.4 Å². The lowest BCUT2D eigenvalue weighted by Crippen LogP contribution is -2.28. The van der Waals surface area contributed by atoms with E-state index in [0.29, 0.717) is 17.3 Å². The number of fused-ring (bicyclic) bond motifs is 4. The highest BCUT2D eigenvalue weighted by atomic mass is 15.0. The third kappa shape index (κ3) is 2.76. The van der Waals surface area contributed by atoms with Crippen molar-refractivity contribution in [2.24, 2.45) is 17.3 Å². The molecule has 1 aromatic carbocycles. The summed E-state index contributed by atoms with van der Waals surface area (Å²) in [5.41, 5.74) is 10.8. The van der Waals surface area contributed by atoms with Crippen molar-refractivity contribution in [1.82, 2.24) is 4.57 Å². The molecule has 2 heterocycles. The second kappa shape index (κ2) is 6.73. The van der Waals surface area contributed by atoms with Gasteiger partial charge in [0.25, 0.3) is 0 Å². The average molecular weight is 422 g/mol. The van der Waals surface area contributed by atoms with Gasteiger partial charge >= 0.3 is 0 Å². The molecule has 0 amide bonds.